The summed E-state index contributed by atoms with van der Waals surface area (Å²) in [6, 6.07) is 0.520. The van der Waals surface area contributed by atoms with E-state index < -0.39 is 0 Å². The monoisotopic (exact) mass is 226 g/mol. The van der Waals surface area contributed by atoms with E-state index >= 15 is 0 Å². The molecule has 0 radical (unpaired) electrons. The average molecular weight is 226 g/mol. The topological polar surface area (TPSA) is 36.4 Å². The zero-order valence-electron chi connectivity index (χ0n) is 9.47. The molecule has 0 aromatic carbocycles. The minimum Gasteiger partial charge on any atom is -0.493 e. The van der Waals surface area contributed by atoms with Crippen LogP contribution in [0.15, 0.2) is 5.38 Å². The normalized spacial score (nSPS) is 31.9. The fourth-order valence-corrected chi connectivity index (χ4v) is 3.14. The van der Waals surface area contributed by atoms with E-state index in [2.05, 4.69) is 30.7 Å². The van der Waals surface area contributed by atoms with Crippen molar-refractivity contribution in [2.75, 3.05) is 11.4 Å². The maximum absolute atomic E-state index is 9.27. The van der Waals surface area contributed by atoms with Crippen LogP contribution >= 0.6 is 11.3 Å². The minimum absolute atomic E-state index is 0.146. The molecule has 3 unspecified atom stereocenters. The highest BCUT2D eigenvalue weighted by molar-refractivity contribution is 7.13. The summed E-state index contributed by atoms with van der Waals surface area (Å²) in [7, 11) is 0. The first-order valence-corrected chi connectivity index (χ1v) is 6.37. The molecule has 1 saturated heterocycles. The van der Waals surface area contributed by atoms with Gasteiger partial charge in [-0.25, -0.2) is 0 Å². The number of hydrogen-bond donors (Lipinski definition) is 1. The SMILES string of the molecule is CC1CC(C)C(C)N(c2nc(O)cs2)C1. The summed E-state index contributed by atoms with van der Waals surface area (Å²) >= 11 is 1.53. The van der Waals surface area contributed by atoms with Gasteiger partial charge >= 0.3 is 0 Å². The first-order valence-electron chi connectivity index (χ1n) is 5.49. The molecule has 0 spiro atoms. The molecule has 15 heavy (non-hydrogen) atoms. The molecular weight excluding hydrogens is 208 g/mol. The van der Waals surface area contributed by atoms with Crippen molar-refractivity contribution in [3.63, 3.8) is 0 Å². The standard InChI is InChI=1S/C11H18N2OS/c1-7-4-8(2)9(3)13(5-7)11-12-10(14)6-15-11/h6-9,14H,4-5H2,1-3H3. The largest absolute Gasteiger partial charge is 0.493 e. The number of anilines is 1. The van der Waals surface area contributed by atoms with Gasteiger partial charge in [-0.3, -0.25) is 0 Å². The van der Waals surface area contributed by atoms with Gasteiger partial charge in [0.05, 0.1) is 5.38 Å². The van der Waals surface area contributed by atoms with Gasteiger partial charge in [0.25, 0.3) is 0 Å². The van der Waals surface area contributed by atoms with Crippen LogP contribution in [0.5, 0.6) is 5.88 Å². The molecule has 3 nitrogen and oxygen atoms in total. The molecule has 1 aromatic heterocycles. The molecule has 1 aliphatic rings. The molecule has 1 N–H and O–H groups in total. The summed E-state index contributed by atoms with van der Waals surface area (Å²) in [5.74, 6) is 1.55. The number of aromatic nitrogens is 1. The Hall–Kier alpha value is -0.770. The van der Waals surface area contributed by atoms with Crippen molar-refractivity contribution >= 4 is 16.5 Å². The number of hydrogen-bond acceptors (Lipinski definition) is 4. The molecule has 1 aromatic rings. The lowest BCUT2D eigenvalue weighted by molar-refractivity contribution is 0.296. The number of piperidine rings is 1. The van der Waals surface area contributed by atoms with Crippen molar-refractivity contribution < 1.29 is 5.11 Å². The van der Waals surface area contributed by atoms with Crippen molar-refractivity contribution in [2.24, 2.45) is 11.8 Å². The van der Waals surface area contributed by atoms with Gasteiger partial charge in [0.2, 0.25) is 5.88 Å². The van der Waals surface area contributed by atoms with Gasteiger partial charge in [-0.1, -0.05) is 13.8 Å². The molecule has 1 fully saturated rings. The first kappa shape index (κ1) is 10.7. The summed E-state index contributed by atoms with van der Waals surface area (Å²) in [4.78, 5) is 6.48. The lowest BCUT2D eigenvalue weighted by atomic mass is 9.86. The lowest BCUT2D eigenvalue weighted by Crippen LogP contribution is -2.45. The Morgan fingerprint density at radius 3 is 2.80 bits per heavy atom. The summed E-state index contributed by atoms with van der Waals surface area (Å²) in [6.07, 6.45) is 1.29. The van der Waals surface area contributed by atoms with Crippen molar-refractivity contribution in [1.29, 1.82) is 0 Å². The van der Waals surface area contributed by atoms with E-state index in [1.54, 1.807) is 5.38 Å². The van der Waals surface area contributed by atoms with Crippen LogP contribution in [0.2, 0.25) is 0 Å². The van der Waals surface area contributed by atoms with Crippen LogP contribution in [0.1, 0.15) is 27.2 Å². The van der Waals surface area contributed by atoms with Gasteiger partial charge in [-0.05, 0) is 25.2 Å². The van der Waals surface area contributed by atoms with Gasteiger partial charge in [-0.15, -0.1) is 11.3 Å². The molecule has 1 aliphatic heterocycles. The Labute approximate surface area is 94.8 Å². The maximum atomic E-state index is 9.27. The van der Waals surface area contributed by atoms with Crippen LogP contribution < -0.4 is 4.90 Å². The molecule has 0 amide bonds. The van der Waals surface area contributed by atoms with Crippen molar-refractivity contribution in [3.8, 4) is 5.88 Å². The van der Waals surface area contributed by atoms with E-state index in [0.717, 1.165) is 11.7 Å². The number of aromatic hydroxyl groups is 1. The zero-order valence-corrected chi connectivity index (χ0v) is 10.3. The fourth-order valence-electron chi connectivity index (χ4n) is 2.36. The molecule has 84 valence electrons. The van der Waals surface area contributed by atoms with E-state index in [9.17, 15) is 5.11 Å². The van der Waals surface area contributed by atoms with Crippen molar-refractivity contribution in [2.45, 2.75) is 33.2 Å². The van der Waals surface area contributed by atoms with Crippen LogP contribution in [0.4, 0.5) is 5.13 Å². The van der Waals surface area contributed by atoms with Crippen LogP contribution in [0.25, 0.3) is 0 Å². The van der Waals surface area contributed by atoms with Crippen molar-refractivity contribution in [3.05, 3.63) is 5.38 Å². The second-order valence-corrected chi connectivity index (χ2v) is 5.54. The number of nitrogens with zero attached hydrogens (tertiary/aromatic N) is 2. The third kappa shape index (κ3) is 2.09. The molecule has 3 atom stereocenters. The second-order valence-electron chi connectivity index (χ2n) is 4.70. The third-order valence-corrected chi connectivity index (χ3v) is 4.19. The van der Waals surface area contributed by atoms with E-state index in [1.165, 1.54) is 17.8 Å². The van der Waals surface area contributed by atoms with Crippen molar-refractivity contribution in [1.82, 2.24) is 4.98 Å². The highest BCUT2D eigenvalue weighted by atomic mass is 32.1. The van der Waals surface area contributed by atoms with Gasteiger partial charge in [-0.2, -0.15) is 4.98 Å². The Kier molecular flexibility index (Phi) is 2.87. The summed E-state index contributed by atoms with van der Waals surface area (Å²) in [5.41, 5.74) is 0. The third-order valence-electron chi connectivity index (χ3n) is 3.32. The molecular formula is C11H18N2OS. The molecule has 0 aliphatic carbocycles. The summed E-state index contributed by atoms with van der Waals surface area (Å²) in [5, 5.41) is 11.9. The van der Waals surface area contributed by atoms with E-state index in [4.69, 9.17) is 0 Å². The first-order chi connectivity index (χ1) is 7.08. The Morgan fingerprint density at radius 2 is 2.20 bits per heavy atom. The summed E-state index contributed by atoms with van der Waals surface area (Å²) in [6.45, 7) is 7.87. The van der Waals surface area contributed by atoms with Gasteiger partial charge in [0, 0.05) is 12.6 Å². The number of thiazole rings is 1. The smallest absolute Gasteiger partial charge is 0.223 e. The highest BCUT2D eigenvalue weighted by Gasteiger charge is 2.30. The molecule has 0 saturated carbocycles. The second kappa shape index (κ2) is 4.00. The maximum Gasteiger partial charge on any atom is 0.223 e. The predicted molar refractivity (Wildman–Crippen MR) is 63.5 cm³/mol. The van der Waals surface area contributed by atoms with Crippen LogP contribution in [-0.4, -0.2) is 22.7 Å². The van der Waals surface area contributed by atoms with Crippen LogP contribution in [0.3, 0.4) is 0 Å². The van der Waals surface area contributed by atoms with Gasteiger partial charge in [0.1, 0.15) is 0 Å². The minimum atomic E-state index is 0.146. The fraction of sp³-hybridized carbons (Fsp3) is 0.727. The predicted octanol–water partition coefficient (Wildman–Crippen LogP) is 2.72. The zero-order chi connectivity index (χ0) is 11.0. The number of rotatable bonds is 1. The Balaban J connectivity index is 2.20. The molecule has 0 bridgehead atoms. The molecule has 2 heterocycles. The Bertz CT molecular complexity index is 339. The molecule has 2 rings (SSSR count). The van der Waals surface area contributed by atoms with Gasteiger partial charge in [0.15, 0.2) is 5.13 Å². The van der Waals surface area contributed by atoms with E-state index in [-0.39, 0.29) is 5.88 Å². The van der Waals surface area contributed by atoms with Crippen LogP contribution in [-0.2, 0) is 0 Å². The van der Waals surface area contributed by atoms with Crippen LogP contribution in [0, 0.1) is 11.8 Å². The van der Waals surface area contributed by atoms with E-state index in [0.29, 0.717) is 17.9 Å². The lowest BCUT2D eigenvalue weighted by Gasteiger charge is -2.40. The molecule has 4 heteroatoms. The quantitative estimate of drug-likeness (QED) is 0.800. The van der Waals surface area contributed by atoms with E-state index in [1.807, 2.05) is 0 Å². The highest BCUT2D eigenvalue weighted by Crippen LogP contribution is 2.33. The summed E-state index contributed by atoms with van der Waals surface area (Å²) < 4.78 is 0. The average Bonchev–Trinajstić information content (AvgIpc) is 2.58. The Morgan fingerprint density at radius 1 is 1.47 bits per heavy atom. The van der Waals surface area contributed by atoms with Gasteiger partial charge < -0.3 is 10.0 Å².